The molecule has 0 atom stereocenters. The average molecular weight is 205 g/mol. The molecule has 0 aliphatic carbocycles. The van der Waals surface area contributed by atoms with Crippen LogP contribution in [0.2, 0.25) is 0 Å². The smallest absolute Gasteiger partial charge is 0.0925 e. The van der Waals surface area contributed by atoms with Crippen LogP contribution in [0.15, 0.2) is 12.5 Å². The molecule has 0 unspecified atom stereocenters. The largest absolute Gasteiger partial charge is 0.348 e. The molecule has 2 heterocycles. The van der Waals surface area contributed by atoms with Crippen LogP contribution in [0, 0.1) is 13.8 Å². The van der Waals surface area contributed by atoms with Crippen LogP contribution in [0.3, 0.4) is 0 Å². The zero-order valence-corrected chi connectivity index (χ0v) is 8.96. The van der Waals surface area contributed by atoms with Gasteiger partial charge in [-0.15, -0.1) is 0 Å². The minimum Gasteiger partial charge on any atom is -0.348 e. The van der Waals surface area contributed by atoms with Crippen molar-refractivity contribution in [3.8, 4) is 0 Å². The van der Waals surface area contributed by atoms with E-state index in [1.807, 2.05) is 20.0 Å². The Morgan fingerprint density at radius 2 is 2.13 bits per heavy atom. The van der Waals surface area contributed by atoms with Gasteiger partial charge in [0.05, 0.1) is 18.2 Å². The monoisotopic (exact) mass is 205 g/mol. The number of aryl methyl sites for hydroxylation is 2. The van der Waals surface area contributed by atoms with E-state index in [9.17, 15) is 0 Å². The van der Waals surface area contributed by atoms with Gasteiger partial charge in [-0.25, -0.2) is 4.98 Å². The summed E-state index contributed by atoms with van der Waals surface area (Å²) in [5.41, 5.74) is 4.49. The second kappa shape index (κ2) is 4.27. The van der Waals surface area contributed by atoms with E-state index in [1.165, 1.54) is 5.56 Å². The van der Waals surface area contributed by atoms with Crippen LogP contribution in [0.5, 0.6) is 0 Å². The highest BCUT2D eigenvalue weighted by Gasteiger charge is 2.02. The van der Waals surface area contributed by atoms with E-state index < -0.39 is 0 Å². The van der Waals surface area contributed by atoms with Crippen LogP contribution in [-0.2, 0) is 13.1 Å². The highest BCUT2D eigenvalue weighted by atomic mass is 15.1. The molecular weight excluding hydrogens is 190 g/mol. The Morgan fingerprint density at radius 1 is 1.27 bits per heavy atom. The van der Waals surface area contributed by atoms with Gasteiger partial charge in [-0.05, 0) is 13.8 Å². The SMILES string of the molecule is Cc1[nH]ncc1CNCc1nc[nH]c1C. The maximum atomic E-state index is 4.22. The number of aromatic amines is 2. The van der Waals surface area contributed by atoms with Gasteiger partial charge in [0.2, 0.25) is 0 Å². The molecule has 2 aromatic rings. The first-order chi connectivity index (χ1) is 7.27. The van der Waals surface area contributed by atoms with Gasteiger partial charge in [-0.3, -0.25) is 5.10 Å². The van der Waals surface area contributed by atoms with Crippen molar-refractivity contribution in [1.82, 2.24) is 25.5 Å². The van der Waals surface area contributed by atoms with Gasteiger partial charge >= 0.3 is 0 Å². The van der Waals surface area contributed by atoms with Crippen molar-refractivity contribution in [2.45, 2.75) is 26.9 Å². The van der Waals surface area contributed by atoms with E-state index in [0.29, 0.717) is 0 Å². The Hall–Kier alpha value is -1.62. The summed E-state index contributed by atoms with van der Waals surface area (Å²) in [6.07, 6.45) is 3.56. The highest BCUT2D eigenvalue weighted by Crippen LogP contribution is 2.03. The third-order valence-corrected chi connectivity index (χ3v) is 2.48. The molecule has 3 N–H and O–H groups in total. The van der Waals surface area contributed by atoms with E-state index in [-0.39, 0.29) is 0 Å². The molecule has 0 radical (unpaired) electrons. The second-order valence-electron chi connectivity index (χ2n) is 3.60. The van der Waals surface area contributed by atoms with Gasteiger partial charge in [0.1, 0.15) is 0 Å². The first kappa shape index (κ1) is 9.92. The summed E-state index contributed by atoms with van der Waals surface area (Å²) in [6, 6.07) is 0. The maximum absolute atomic E-state index is 4.22. The zero-order chi connectivity index (χ0) is 10.7. The number of imidazole rings is 1. The van der Waals surface area contributed by atoms with Crippen LogP contribution in [0.25, 0.3) is 0 Å². The van der Waals surface area contributed by atoms with Crippen molar-refractivity contribution in [1.29, 1.82) is 0 Å². The molecule has 0 fully saturated rings. The van der Waals surface area contributed by atoms with Gasteiger partial charge in [0.15, 0.2) is 0 Å². The fraction of sp³-hybridized carbons (Fsp3) is 0.400. The molecule has 80 valence electrons. The van der Waals surface area contributed by atoms with Crippen molar-refractivity contribution in [2.24, 2.45) is 0 Å². The number of H-pyrrole nitrogens is 2. The average Bonchev–Trinajstić information content (AvgIpc) is 2.78. The molecule has 0 aliphatic heterocycles. The van der Waals surface area contributed by atoms with Crippen LogP contribution in [-0.4, -0.2) is 20.2 Å². The molecule has 15 heavy (non-hydrogen) atoms. The quantitative estimate of drug-likeness (QED) is 0.698. The van der Waals surface area contributed by atoms with E-state index in [2.05, 4.69) is 25.5 Å². The summed E-state index contributed by atoms with van der Waals surface area (Å²) in [6.45, 7) is 5.63. The first-order valence-corrected chi connectivity index (χ1v) is 4.96. The number of nitrogens with one attached hydrogen (secondary N) is 3. The summed E-state index contributed by atoms with van der Waals surface area (Å²) < 4.78 is 0. The molecule has 2 aromatic heterocycles. The summed E-state index contributed by atoms with van der Waals surface area (Å²) in [5, 5.41) is 10.2. The third kappa shape index (κ3) is 2.24. The lowest BCUT2D eigenvalue weighted by atomic mass is 10.2. The van der Waals surface area contributed by atoms with Crippen molar-refractivity contribution < 1.29 is 0 Å². The van der Waals surface area contributed by atoms with Crippen molar-refractivity contribution >= 4 is 0 Å². The molecule has 0 aliphatic rings. The molecule has 0 saturated carbocycles. The zero-order valence-electron chi connectivity index (χ0n) is 8.96. The molecule has 0 bridgehead atoms. The lowest BCUT2D eigenvalue weighted by Crippen LogP contribution is -2.13. The number of nitrogens with zero attached hydrogens (tertiary/aromatic N) is 2. The Labute approximate surface area is 88.3 Å². The van der Waals surface area contributed by atoms with Crippen LogP contribution in [0.4, 0.5) is 0 Å². The van der Waals surface area contributed by atoms with Crippen molar-refractivity contribution in [3.05, 3.63) is 35.2 Å². The van der Waals surface area contributed by atoms with E-state index in [1.54, 1.807) is 6.33 Å². The van der Waals surface area contributed by atoms with Gasteiger partial charge in [-0.2, -0.15) is 5.10 Å². The molecular formula is C10H15N5. The van der Waals surface area contributed by atoms with Gasteiger partial charge in [0, 0.05) is 30.0 Å². The van der Waals surface area contributed by atoms with E-state index in [0.717, 1.165) is 30.2 Å². The molecule has 5 heteroatoms. The van der Waals surface area contributed by atoms with Crippen LogP contribution < -0.4 is 5.32 Å². The Morgan fingerprint density at radius 3 is 2.73 bits per heavy atom. The molecule has 0 spiro atoms. The molecule has 0 amide bonds. The van der Waals surface area contributed by atoms with Gasteiger partial charge < -0.3 is 10.3 Å². The van der Waals surface area contributed by atoms with Crippen molar-refractivity contribution in [3.63, 3.8) is 0 Å². The van der Waals surface area contributed by atoms with Gasteiger partial charge in [0.25, 0.3) is 0 Å². The summed E-state index contributed by atoms with van der Waals surface area (Å²) in [7, 11) is 0. The van der Waals surface area contributed by atoms with Gasteiger partial charge in [-0.1, -0.05) is 0 Å². The highest BCUT2D eigenvalue weighted by molar-refractivity contribution is 5.14. The molecule has 0 saturated heterocycles. The Bertz CT molecular complexity index is 388. The summed E-state index contributed by atoms with van der Waals surface area (Å²) in [4.78, 5) is 7.27. The van der Waals surface area contributed by atoms with Crippen molar-refractivity contribution in [2.75, 3.05) is 0 Å². The predicted molar refractivity (Wildman–Crippen MR) is 57.2 cm³/mol. The summed E-state index contributed by atoms with van der Waals surface area (Å²) >= 11 is 0. The fourth-order valence-electron chi connectivity index (χ4n) is 1.43. The molecule has 5 nitrogen and oxygen atoms in total. The minimum atomic E-state index is 0.778. The first-order valence-electron chi connectivity index (χ1n) is 4.96. The number of hydrogen-bond acceptors (Lipinski definition) is 3. The lowest BCUT2D eigenvalue weighted by Gasteiger charge is -2.02. The summed E-state index contributed by atoms with van der Waals surface area (Å²) in [5.74, 6) is 0. The van der Waals surface area contributed by atoms with E-state index in [4.69, 9.17) is 0 Å². The topological polar surface area (TPSA) is 69.4 Å². The fourth-order valence-corrected chi connectivity index (χ4v) is 1.43. The normalized spacial score (nSPS) is 10.8. The predicted octanol–water partition coefficient (Wildman–Crippen LogP) is 1.04. The number of rotatable bonds is 4. The van der Waals surface area contributed by atoms with Crippen LogP contribution >= 0.6 is 0 Å². The number of aromatic nitrogens is 4. The van der Waals surface area contributed by atoms with E-state index >= 15 is 0 Å². The maximum Gasteiger partial charge on any atom is 0.0925 e. The standard InChI is InChI=1S/C10H15N5/c1-7-9(4-14-15-7)3-11-5-10-8(2)12-6-13-10/h4,6,11H,3,5H2,1-2H3,(H,12,13)(H,14,15). The lowest BCUT2D eigenvalue weighted by molar-refractivity contribution is 0.677. The second-order valence-corrected chi connectivity index (χ2v) is 3.60. The minimum absolute atomic E-state index is 0.778. The Balaban J connectivity index is 1.86. The number of hydrogen-bond donors (Lipinski definition) is 3. The molecule has 0 aromatic carbocycles. The third-order valence-electron chi connectivity index (χ3n) is 2.48. The molecule has 2 rings (SSSR count). The van der Waals surface area contributed by atoms with Crippen LogP contribution in [0.1, 0.15) is 22.6 Å². The Kier molecular flexibility index (Phi) is 2.82.